The lowest BCUT2D eigenvalue weighted by molar-refractivity contribution is -0.140. The van der Waals surface area contributed by atoms with Gasteiger partial charge in [0.2, 0.25) is 0 Å². The van der Waals surface area contributed by atoms with E-state index in [1.807, 2.05) is 6.08 Å². The second-order valence-electron chi connectivity index (χ2n) is 3.64. The van der Waals surface area contributed by atoms with Gasteiger partial charge in [0, 0.05) is 23.7 Å². The minimum Gasteiger partial charge on any atom is -0.507 e. The Morgan fingerprint density at radius 1 is 1.56 bits per heavy atom. The summed E-state index contributed by atoms with van der Waals surface area (Å²) in [7, 11) is 1.37. The molecule has 0 amide bonds. The lowest BCUT2D eigenvalue weighted by Crippen LogP contribution is -2.18. The van der Waals surface area contributed by atoms with Crippen LogP contribution < -0.4 is 5.32 Å². The molecule has 0 aliphatic carbocycles. The van der Waals surface area contributed by atoms with E-state index in [2.05, 4.69) is 10.1 Å². The summed E-state index contributed by atoms with van der Waals surface area (Å²) in [5.41, 5.74) is 0.664. The number of rotatable bonds is 6. The fourth-order valence-corrected chi connectivity index (χ4v) is 1.50. The zero-order valence-corrected chi connectivity index (χ0v) is 10.9. The topological polar surface area (TPSA) is 58.6 Å². The summed E-state index contributed by atoms with van der Waals surface area (Å²) in [5.74, 6) is -0.0517. The van der Waals surface area contributed by atoms with Gasteiger partial charge in [0.15, 0.2) is 0 Å². The van der Waals surface area contributed by atoms with Crippen molar-refractivity contribution in [3.8, 4) is 5.75 Å². The maximum atomic E-state index is 10.8. The molecule has 0 aliphatic heterocycles. The summed E-state index contributed by atoms with van der Waals surface area (Å²) in [6.45, 7) is 1.15. The molecule has 1 aromatic carbocycles. The Hall–Kier alpha value is -1.52. The van der Waals surface area contributed by atoms with Gasteiger partial charge in [0.1, 0.15) is 5.75 Å². The molecule has 98 valence electrons. The van der Waals surface area contributed by atoms with Crippen LogP contribution in [0.4, 0.5) is 0 Å². The van der Waals surface area contributed by atoms with Crippen LogP contribution in [0.5, 0.6) is 5.75 Å². The molecule has 0 aromatic heterocycles. The second-order valence-corrected chi connectivity index (χ2v) is 4.07. The van der Waals surface area contributed by atoms with E-state index in [1.54, 1.807) is 24.3 Å². The predicted octanol–water partition coefficient (Wildman–Crippen LogP) is 2.21. The summed E-state index contributed by atoms with van der Waals surface area (Å²) >= 11 is 5.82. The number of hydrogen-bond acceptors (Lipinski definition) is 4. The molecule has 1 aromatic rings. The molecule has 0 aliphatic rings. The fraction of sp³-hybridized carbons (Fsp3) is 0.308. The van der Waals surface area contributed by atoms with Gasteiger partial charge in [-0.3, -0.25) is 4.79 Å². The highest BCUT2D eigenvalue weighted by atomic mass is 35.5. The van der Waals surface area contributed by atoms with E-state index < -0.39 is 0 Å². The SMILES string of the molecule is COC(=O)CCNC/C=C/c1cc(Cl)ccc1O. The summed E-state index contributed by atoms with van der Waals surface area (Å²) in [6, 6.07) is 4.86. The van der Waals surface area contributed by atoms with Crippen molar-refractivity contribution in [1.29, 1.82) is 0 Å². The Balaban J connectivity index is 2.32. The Morgan fingerprint density at radius 2 is 2.33 bits per heavy atom. The molecule has 1 rings (SSSR count). The van der Waals surface area contributed by atoms with Crippen LogP contribution in [0.3, 0.4) is 0 Å². The third-order valence-corrected chi connectivity index (χ3v) is 2.52. The van der Waals surface area contributed by atoms with Gasteiger partial charge in [-0.25, -0.2) is 0 Å². The van der Waals surface area contributed by atoms with E-state index >= 15 is 0 Å². The first-order valence-electron chi connectivity index (χ1n) is 5.56. The number of esters is 1. The average molecular weight is 270 g/mol. The van der Waals surface area contributed by atoms with Crippen molar-refractivity contribution >= 4 is 23.6 Å². The van der Waals surface area contributed by atoms with Gasteiger partial charge < -0.3 is 15.2 Å². The zero-order chi connectivity index (χ0) is 13.4. The lowest BCUT2D eigenvalue weighted by Gasteiger charge is -2.01. The maximum absolute atomic E-state index is 10.8. The predicted molar refractivity (Wildman–Crippen MR) is 71.7 cm³/mol. The van der Waals surface area contributed by atoms with Crippen LogP contribution in [-0.4, -0.2) is 31.3 Å². The van der Waals surface area contributed by atoms with Crippen molar-refractivity contribution in [2.45, 2.75) is 6.42 Å². The third-order valence-electron chi connectivity index (χ3n) is 2.28. The van der Waals surface area contributed by atoms with Crippen LogP contribution >= 0.6 is 11.6 Å². The molecule has 0 bridgehead atoms. The van der Waals surface area contributed by atoms with Crippen molar-refractivity contribution in [3.63, 3.8) is 0 Å². The number of carbonyl (C=O) groups is 1. The van der Waals surface area contributed by atoms with Crippen LogP contribution in [-0.2, 0) is 9.53 Å². The van der Waals surface area contributed by atoms with Crippen molar-refractivity contribution in [2.24, 2.45) is 0 Å². The molecule has 0 spiro atoms. The summed E-state index contributed by atoms with van der Waals surface area (Å²) < 4.78 is 4.51. The molecule has 5 heteroatoms. The minimum atomic E-state index is -0.237. The van der Waals surface area contributed by atoms with Crippen LogP contribution in [0, 0.1) is 0 Å². The van der Waals surface area contributed by atoms with Gasteiger partial charge in [0.25, 0.3) is 0 Å². The van der Waals surface area contributed by atoms with E-state index in [1.165, 1.54) is 7.11 Å². The van der Waals surface area contributed by atoms with Crippen LogP contribution in [0.25, 0.3) is 6.08 Å². The summed E-state index contributed by atoms with van der Waals surface area (Å²) in [5, 5.41) is 13.2. The molecule has 0 fully saturated rings. The van der Waals surface area contributed by atoms with Crippen LogP contribution in [0.2, 0.25) is 5.02 Å². The summed E-state index contributed by atoms with van der Waals surface area (Å²) in [4.78, 5) is 10.8. The number of halogens is 1. The first-order valence-corrected chi connectivity index (χ1v) is 5.94. The van der Waals surface area contributed by atoms with E-state index in [0.717, 1.165) is 0 Å². The molecule has 0 saturated carbocycles. The largest absolute Gasteiger partial charge is 0.507 e. The van der Waals surface area contributed by atoms with E-state index in [-0.39, 0.29) is 11.7 Å². The Bertz CT molecular complexity index is 432. The molecule has 0 saturated heterocycles. The van der Waals surface area contributed by atoms with E-state index in [4.69, 9.17) is 11.6 Å². The third kappa shape index (κ3) is 5.21. The molecular weight excluding hydrogens is 254 g/mol. The number of carbonyl (C=O) groups excluding carboxylic acids is 1. The highest BCUT2D eigenvalue weighted by molar-refractivity contribution is 6.30. The number of phenols is 1. The standard InChI is InChI=1S/C13H16ClNO3/c1-18-13(17)6-8-15-7-2-3-10-9-11(14)4-5-12(10)16/h2-5,9,15-16H,6-8H2,1H3/b3-2+. The fourth-order valence-electron chi connectivity index (χ4n) is 1.32. The molecule has 18 heavy (non-hydrogen) atoms. The highest BCUT2D eigenvalue weighted by Gasteiger charge is 1.98. The Morgan fingerprint density at radius 3 is 3.06 bits per heavy atom. The minimum absolute atomic E-state index is 0.185. The van der Waals surface area contributed by atoms with Gasteiger partial charge in [-0.1, -0.05) is 23.8 Å². The van der Waals surface area contributed by atoms with Gasteiger partial charge >= 0.3 is 5.97 Å². The number of methoxy groups -OCH3 is 1. The smallest absolute Gasteiger partial charge is 0.306 e. The van der Waals surface area contributed by atoms with E-state index in [0.29, 0.717) is 30.1 Å². The van der Waals surface area contributed by atoms with Gasteiger partial charge in [0.05, 0.1) is 13.5 Å². The van der Waals surface area contributed by atoms with Crippen molar-refractivity contribution in [3.05, 3.63) is 34.9 Å². The molecular formula is C13H16ClNO3. The quantitative estimate of drug-likeness (QED) is 0.614. The number of phenolic OH excluding ortho intramolecular Hbond substituents is 1. The second kappa shape index (κ2) is 7.74. The number of ether oxygens (including phenoxy) is 1. The first kappa shape index (κ1) is 14.5. The highest BCUT2D eigenvalue weighted by Crippen LogP contribution is 2.22. The van der Waals surface area contributed by atoms with Crippen LogP contribution in [0.15, 0.2) is 24.3 Å². The molecule has 0 atom stereocenters. The van der Waals surface area contributed by atoms with Crippen LogP contribution in [0.1, 0.15) is 12.0 Å². The number of aromatic hydroxyl groups is 1. The Labute approximate surface area is 111 Å². The summed E-state index contributed by atoms with van der Waals surface area (Å²) in [6.07, 6.45) is 3.96. The zero-order valence-electron chi connectivity index (χ0n) is 10.1. The van der Waals surface area contributed by atoms with Gasteiger partial charge in [-0.2, -0.15) is 0 Å². The van der Waals surface area contributed by atoms with Crippen molar-refractivity contribution in [2.75, 3.05) is 20.2 Å². The van der Waals surface area contributed by atoms with E-state index in [9.17, 15) is 9.90 Å². The molecule has 0 unspecified atom stereocenters. The Kier molecular flexibility index (Phi) is 6.25. The number of hydrogen-bond donors (Lipinski definition) is 2. The van der Waals surface area contributed by atoms with Gasteiger partial charge in [-0.05, 0) is 18.2 Å². The number of benzene rings is 1. The first-order chi connectivity index (χ1) is 8.63. The molecule has 2 N–H and O–H groups in total. The molecule has 0 heterocycles. The average Bonchev–Trinajstić information content (AvgIpc) is 2.37. The van der Waals surface area contributed by atoms with Crippen molar-refractivity contribution < 1.29 is 14.6 Å². The van der Waals surface area contributed by atoms with Gasteiger partial charge in [-0.15, -0.1) is 0 Å². The molecule has 4 nitrogen and oxygen atoms in total. The van der Waals surface area contributed by atoms with Crippen molar-refractivity contribution in [1.82, 2.24) is 5.32 Å². The lowest BCUT2D eigenvalue weighted by atomic mass is 10.2. The molecule has 0 radical (unpaired) electrons. The maximum Gasteiger partial charge on any atom is 0.306 e. The monoisotopic (exact) mass is 269 g/mol. The normalized spacial score (nSPS) is 10.8. The number of nitrogens with one attached hydrogen (secondary N) is 1.